The Kier molecular flexibility index (Phi) is 4.13. The molecular weight excluding hydrogens is 300 g/mol. The zero-order valence-electron chi connectivity index (χ0n) is 13.4. The number of para-hydroxylation sites is 1. The number of nitriles is 1. The number of nitrogens with zero attached hydrogens (tertiary/aromatic N) is 3. The van der Waals surface area contributed by atoms with Gasteiger partial charge in [0.2, 0.25) is 0 Å². The summed E-state index contributed by atoms with van der Waals surface area (Å²) in [7, 11) is 1.62. The van der Waals surface area contributed by atoms with Crippen molar-refractivity contribution in [3.8, 4) is 34.2 Å². The number of hydrogen-bond acceptors (Lipinski definition) is 5. The van der Waals surface area contributed by atoms with Gasteiger partial charge in [-0.2, -0.15) is 5.26 Å². The van der Waals surface area contributed by atoms with Crippen molar-refractivity contribution in [1.82, 2.24) is 9.97 Å². The van der Waals surface area contributed by atoms with Crippen molar-refractivity contribution in [3.05, 3.63) is 59.9 Å². The number of methoxy groups -OCH3 is 1. The Morgan fingerprint density at radius 3 is 2.50 bits per heavy atom. The molecule has 3 rings (SSSR count). The summed E-state index contributed by atoms with van der Waals surface area (Å²) in [4.78, 5) is 8.76. The summed E-state index contributed by atoms with van der Waals surface area (Å²) < 4.78 is 5.49. The van der Waals surface area contributed by atoms with E-state index in [4.69, 9.17) is 10.5 Å². The molecule has 2 N–H and O–H groups in total. The van der Waals surface area contributed by atoms with Crippen LogP contribution in [0.5, 0.6) is 5.75 Å². The monoisotopic (exact) mass is 316 g/mol. The van der Waals surface area contributed by atoms with E-state index in [-0.39, 0.29) is 5.82 Å². The summed E-state index contributed by atoms with van der Waals surface area (Å²) in [6.45, 7) is 1.87. The van der Waals surface area contributed by atoms with Crippen molar-refractivity contribution in [2.24, 2.45) is 0 Å². The Morgan fingerprint density at radius 1 is 1.08 bits per heavy atom. The third-order valence-corrected chi connectivity index (χ3v) is 3.82. The molecule has 24 heavy (non-hydrogen) atoms. The van der Waals surface area contributed by atoms with Crippen molar-refractivity contribution in [3.63, 3.8) is 0 Å². The van der Waals surface area contributed by atoms with E-state index in [1.807, 2.05) is 49.4 Å². The number of ether oxygens (including phenoxy) is 1. The minimum atomic E-state index is 0.203. The number of anilines is 1. The predicted molar refractivity (Wildman–Crippen MR) is 93.3 cm³/mol. The molecule has 0 unspecified atom stereocenters. The molecule has 0 radical (unpaired) electrons. The second-order valence-corrected chi connectivity index (χ2v) is 5.23. The van der Waals surface area contributed by atoms with Crippen LogP contribution in [0.15, 0.2) is 48.7 Å². The first-order valence-electron chi connectivity index (χ1n) is 7.42. The van der Waals surface area contributed by atoms with E-state index in [1.165, 1.54) is 0 Å². The van der Waals surface area contributed by atoms with Gasteiger partial charge in [0.25, 0.3) is 0 Å². The SMILES string of the molecule is COc1ccccc1-c1c(C)nc(N)c(C#N)c1-c1ccccn1. The molecule has 5 heteroatoms. The maximum Gasteiger partial charge on any atom is 0.142 e. The van der Waals surface area contributed by atoms with Crippen molar-refractivity contribution in [1.29, 1.82) is 5.26 Å². The zero-order valence-corrected chi connectivity index (χ0v) is 13.4. The van der Waals surface area contributed by atoms with Crippen molar-refractivity contribution in [2.45, 2.75) is 6.92 Å². The van der Waals surface area contributed by atoms with E-state index >= 15 is 0 Å². The summed E-state index contributed by atoms with van der Waals surface area (Å²) >= 11 is 0. The number of hydrogen-bond donors (Lipinski definition) is 1. The number of benzene rings is 1. The minimum Gasteiger partial charge on any atom is -0.496 e. The quantitative estimate of drug-likeness (QED) is 0.798. The average Bonchev–Trinajstić information content (AvgIpc) is 2.62. The molecule has 0 saturated carbocycles. The van der Waals surface area contributed by atoms with Crippen LogP contribution in [0, 0.1) is 18.3 Å². The van der Waals surface area contributed by atoms with Crippen LogP contribution in [0.4, 0.5) is 5.82 Å². The predicted octanol–water partition coefficient (Wildman–Crippen LogP) is 3.58. The first-order chi connectivity index (χ1) is 11.7. The molecule has 0 fully saturated rings. The smallest absolute Gasteiger partial charge is 0.142 e. The second-order valence-electron chi connectivity index (χ2n) is 5.23. The highest BCUT2D eigenvalue weighted by Crippen LogP contribution is 2.41. The second kappa shape index (κ2) is 6.39. The van der Waals surface area contributed by atoms with Crippen molar-refractivity contribution >= 4 is 5.82 Å². The first-order valence-corrected chi connectivity index (χ1v) is 7.42. The van der Waals surface area contributed by atoms with E-state index in [9.17, 15) is 5.26 Å². The highest BCUT2D eigenvalue weighted by molar-refractivity contribution is 5.91. The Hall–Kier alpha value is -3.39. The van der Waals surface area contributed by atoms with E-state index < -0.39 is 0 Å². The molecule has 3 aromatic rings. The molecular formula is C19H16N4O. The summed E-state index contributed by atoms with van der Waals surface area (Å²) in [5.41, 5.74) is 10.0. The van der Waals surface area contributed by atoms with Crippen molar-refractivity contribution < 1.29 is 4.74 Å². The van der Waals surface area contributed by atoms with Crippen LogP contribution in [-0.2, 0) is 0 Å². The molecule has 0 aliphatic heterocycles. The van der Waals surface area contributed by atoms with Crippen LogP contribution in [0.1, 0.15) is 11.3 Å². The van der Waals surface area contributed by atoms with Crippen LogP contribution in [-0.4, -0.2) is 17.1 Å². The van der Waals surface area contributed by atoms with Gasteiger partial charge in [-0.15, -0.1) is 0 Å². The van der Waals surface area contributed by atoms with Crippen LogP contribution < -0.4 is 10.5 Å². The van der Waals surface area contributed by atoms with E-state index in [1.54, 1.807) is 13.3 Å². The number of pyridine rings is 2. The maximum absolute atomic E-state index is 9.62. The number of aryl methyl sites for hydroxylation is 1. The zero-order chi connectivity index (χ0) is 17.1. The summed E-state index contributed by atoms with van der Waals surface area (Å²) in [5, 5.41) is 9.62. The molecule has 0 aliphatic carbocycles. The molecule has 2 aromatic heterocycles. The molecule has 0 saturated heterocycles. The standard InChI is InChI=1S/C19H16N4O/c1-12-17(13-7-3-4-9-16(13)24-2)18(14(11-20)19(21)23-12)15-8-5-6-10-22-15/h3-10H,1-2H3,(H2,21,23). The average molecular weight is 316 g/mol. The molecule has 0 atom stereocenters. The highest BCUT2D eigenvalue weighted by Gasteiger charge is 2.22. The van der Waals surface area contributed by atoms with Gasteiger partial charge in [0.15, 0.2) is 0 Å². The third kappa shape index (κ3) is 2.55. The molecule has 5 nitrogen and oxygen atoms in total. The van der Waals surface area contributed by atoms with E-state index in [0.717, 1.165) is 16.8 Å². The fourth-order valence-corrected chi connectivity index (χ4v) is 2.79. The van der Waals surface area contributed by atoms with Crippen LogP contribution in [0.2, 0.25) is 0 Å². The molecule has 0 spiro atoms. The fraction of sp³-hybridized carbons (Fsp3) is 0.105. The summed E-state index contributed by atoms with van der Waals surface area (Å²) in [6, 6.07) is 15.4. The Morgan fingerprint density at radius 2 is 1.83 bits per heavy atom. The number of nitrogen functional groups attached to an aromatic ring is 1. The van der Waals surface area contributed by atoms with Gasteiger partial charge in [-0.1, -0.05) is 24.3 Å². The van der Waals surface area contributed by atoms with Gasteiger partial charge in [-0.05, 0) is 25.1 Å². The largest absolute Gasteiger partial charge is 0.496 e. The molecule has 1 aromatic carbocycles. The lowest BCUT2D eigenvalue weighted by Gasteiger charge is -2.17. The van der Waals surface area contributed by atoms with Gasteiger partial charge in [0, 0.05) is 28.6 Å². The first kappa shape index (κ1) is 15.5. The normalized spacial score (nSPS) is 10.2. The van der Waals surface area contributed by atoms with Crippen LogP contribution >= 0.6 is 0 Å². The molecule has 0 aliphatic rings. The van der Waals surface area contributed by atoms with E-state index in [0.29, 0.717) is 22.6 Å². The number of nitrogens with two attached hydrogens (primary N) is 1. The lowest BCUT2D eigenvalue weighted by atomic mass is 9.92. The maximum atomic E-state index is 9.62. The van der Waals surface area contributed by atoms with Crippen LogP contribution in [0.25, 0.3) is 22.4 Å². The highest BCUT2D eigenvalue weighted by atomic mass is 16.5. The number of rotatable bonds is 3. The van der Waals surface area contributed by atoms with E-state index in [2.05, 4.69) is 16.0 Å². The van der Waals surface area contributed by atoms with Crippen molar-refractivity contribution in [2.75, 3.05) is 12.8 Å². The Balaban J connectivity index is 2.44. The van der Waals surface area contributed by atoms with Gasteiger partial charge in [-0.25, -0.2) is 4.98 Å². The fourth-order valence-electron chi connectivity index (χ4n) is 2.79. The summed E-state index contributed by atoms with van der Waals surface area (Å²) in [6.07, 6.45) is 1.69. The van der Waals surface area contributed by atoms with Gasteiger partial charge < -0.3 is 10.5 Å². The van der Waals surface area contributed by atoms with Gasteiger partial charge in [0.05, 0.1) is 12.8 Å². The van der Waals surface area contributed by atoms with Crippen LogP contribution in [0.3, 0.4) is 0 Å². The number of aromatic nitrogens is 2. The van der Waals surface area contributed by atoms with Gasteiger partial charge in [0.1, 0.15) is 23.2 Å². The molecule has 2 heterocycles. The Bertz CT molecular complexity index is 930. The molecule has 118 valence electrons. The minimum absolute atomic E-state index is 0.203. The lowest BCUT2D eigenvalue weighted by molar-refractivity contribution is 0.416. The molecule has 0 amide bonds. The topological polar surface area (TPSA) is 84.8 Å². The van der Waals surface area contributed by atoms with Gasteiger partial charge >= 0.3 is 0 Å². The lowest BCUT2D eigenvalue weighted by Crippen LogP contribution is -2.04. The Labute approximate surface area is 140 Å². The summed E-state index contributed by atoms with van der Waals surface area (Å²) in [5.74, 6) is 0.905. The van der Waals surface area contributed by atoms with Gasteiger partial charge in [-0.3, -0.25) is 4.98 Å². The third-order valence-electron chi connectivity index (χ3n) is 3.82. The molecule has 0 bridgehead atoms.